The molecule has 0 atom stereocenters. The molecule has 0 aliphatic carbocycles. The minimum atomic E-state index is -0.144. The van der Waals surface area contributed by atoms with Crippen molar-refractivity contribution in [2.45, 2.75) is 33.1 Å². The molecule has 0 bridgehead atoms. The first-order chi connectivity index (χ1) is 15.0. The van der Waals surface area contributed by atoms with Crippen LogP contribution < -0.4 is 5.32 Å². The van der Waals surface area contributed by atoms with Crippen molar-refractivity contribution in [3.8, 4) is 11.8 Å². The molecule has 1 amide bonds. The predicted molar refractivity (Wildman–Crippen MR) is 122 cm³/mol. The highest BCUT2D eigenvalue weighted by Crippen LogP contribution is 2.32. The molecule has 31 heavy (non-hydrogen) atoms. The maximum Gasteiger partial charge on any atom is 0.221 e. The second-order valence-electron chi connectivity index (χ2n) is 8.13. The lowest BCUT2D eigenvalue weighted by molar-refractivity contribution is -0.114. The van der Waals surface area contributed by atoms with Crippen molar-refractivity contribution in [2.24, 2.45) is 0 Å². The lowest BCUT2D eigenvalue weighted by Gasteiger charge is -2.25. The summed E-state index contributed by atoms with van der Waals surface area (Å²) < 4.78 is 2.03. The molecular weight excluding hydrogens is 388 g/mol. The van der Waals surface area contributed by atoms with E-state index in [0.717, 1.165) is 53.8 Å². The average Bonchev–Trinajstić information content (AvgIpc) is 3.05. The van der Waals surface area contributed by atoms with E-state index in [1.807, 2.05) is 41.8 Å². The number of likely N-dealkylation sites (tertiary alicyclic amines) is 1. The third-order valence-corrected chi connectivity index (χ3v) is 5.87. The topological polar surface area (TPSA) is 78.1 Å². The van der Waals surface area contributed by atoms with Crippen LogP contribution in [0.4, 0.5) is 5.69 Å². The number of ketones is 1. The summed E-state index contributed by atoms with van der Waals surface area (Å²) in [7, 11) is 0. The molecule has 158 valence electrons. The number of rotatable bonds is 5. The summed E-state index contributed by atoms with van der Waals surface area (Å²) in [6.45, 7) is 5.78. The lowest BCUT2D eigenvalue weighted by Crippen LogP contribution is -2.34. The van der Waals surface area contributed by atoms with Crippen molar-refractivity contribution in [2.75, 3.05) is 25.0 Å². The molecule has 1 saturated heterocycles. The number of nitrogens with one attached hydrogen (secondary N) is 1. The molecule has 0 radical (unpaired) electrons. The molecule has 2 aromatic carbocycles. The molecule has 4 rings (SSSR count). The number of fused-ring (bicyclic) bond motifs is 1. The first-order valence-electron chi connectivity index (χ1n) is 10.7. The number of nitrogens with zero attached hydrogens (tertiary/aromatic N) is 3. The number of hydrogen-bond acceptors (Lipinski definition) is 4. The fraction of sp³-hybridized carbons (Fsp3) is 0.320. The number of carbonyl (C=O) groups is 2. The Morgan fingerprint density at radius 1 is 1.06 bits per heavy atom. The van der Waals surface area contributed by atoms with Gasteiger partial charge >= 0.3 is 0 Å². The highest BCUT2D eigenvalue weighted by Gasteiger charge is 2.23. The van der Waals surface area contributed by atoms with Crippen LogP contribution in [0.25, 0.3) is 16.6 Å². The Bertz CT molecular complexity index is 1180. The first-order valence-corrected chi connectivity index (χ1v) is 10.7. The zero-order valence-electron chi connectivity index (χ0n) is 17.9. The molecule has 1 aliphatic heterocycles. The summed E-state index contributed by atoms with van der Waals surface area (Å²) >= 11 is 0. The Hall–Kier alpha value is -3.43. The van der Waals surface area contributed by atoms with E-state index >= 15 is 0 Å². The smallest absolute Gasteiger partial charge is 0.221 e. The Kier molecular flexibility index (Phi) is 5.88. The molecule has 0 unspecified atom stereocenters. The number of benzene rings is 2. The average molecular weight is 415 g/mol. The van der Waals surface area contributed by atoms with E-state index in [-0.39, 0.29) is 11.7 Å². The molecular formula is C25H26N4O2. The zero-order chi connectivity index (χ0) is 22.0. The van der Waals surface area contributed by atoms with Crippen LogP contribution in [0.15, 0.2) is 42.5 Å². The summed E-state index contributed by atoms with van der Waals surface area (Å²) in [6, 6.07) is 15.1. The van der Waals surface area contributed by atoms with Gasteiger partial charge in [0.1, 0.15) is 0 Å². The molecule has 1 aliphatic rings. The van der Waals surface area contributed by atoms with E-state index in [9.17, 15) is 9.59 Å². The van der Waals surface area contributed by atoms with Crippen LogP contribution in [0, 0.1) is 18.3 Å². The summed E-state index contributed by atoms with van der Waals surface area (Å²) in [5.41, 5.74) is 4.58. The number of hydrogen-bond donors (Lipinski definition) is 1. The number of aromatic nitrogens is 1. The van der Waals surface area contributed by atoms with Gasteiger partial charge in [0, 0.05) is 34.9 Å². The van der Waals surface area contributed by atoms with Gasteiger partial charge in [-0.25, -0.2) is 0 Å². The van der Waals surface area contributed by atoms with Gasteiger partial charge in [-0.1, -0.05) is 12.5 Å². The van der Waals surface area contributed by atoms with Crippen molar-refractivity contribution in [1.29, 1.82) is 5.26 Å². The van der Waals surface area contributed by atoms with E-state index in [4.69, 9.17) is 5.26 Å². The molecule has 0 spiro atoms. The number of anilines is 1. The maximum atomic E-state index is 13.4. The molecule has 6 heteroatoms. The fourth-order valence-electron chi connectivity index (χ4n) is 4.47. The Labute approximate surface area is 182 Å². The molecule has 2 heterocycles. The van der Waals surface area contributed by atoms with E-state index in [1.54, 1.807) is 12.1 Å². The van der Waals surface area contributed by atoms with Gasteiger partial charge in [0.25, 0.3) is 0 Å². The van der Waals surface area contributed by atoms with Gasteiger partial charge in [-0.3, -0.25) is 14.5 Å². The van der Waals surface area contributed by atoms with Crippen LogP contribution >= 0.6 is 0 Å². The molecule has 1 aromatic heterocycles. The normalized spacial score (nSPS) is 14.4. The third-order valence-electron chi connectivity index (χ3n) is 5.87. The van der Waals surface area contributed by atoms with Gasteiger partial charge in [0.05, 0.1) is 23.7 Å². The zero-order valence-corrected chi connectivity index (χ0v) is 17.9. The second kappa shape index (κ2) is 8.75. The first kappa shape index (κ1) is 20.8. The van der Waals surface area contributed by atoms with E-state index in [1.165, 1.54) is 13.3 Å². The molecule has 0 saturated carbocycles. The molecule has 3 aromatic rings. The minimum Gasteiger partial charge on any atom is -0.326 e. The van der Waals surface area contributed by atoms with Crippen molar-refractivity contribution < 1.29 is 9.59 Å². The van der Waals surface area contributed by atoms with Crippen molar-refractivity contribution >= 4 is 28.3 Å². The minimum absolute atomic E-state index is 0.115. The van der Waals surface area contributed by atoms with Crippen LogP contribution in [-0.4, -0.2) is 40.8 Å². The molecule has 1 N–H and O–H groups in total. The van der Waals surface area contributed by atoms with E-state index in [2.05, 4.69) is 16.3 Å². The summed E-state index contributed by atoms with van der Waals surface area (Å²) in [4.78, 5) is 27.2. The largest absolute Gasteiger partial charge is 0.326 e. The molecule has 1 fully saturated rings. The number of nitriles is 1. The van der Waals surface area contributed by atoms with Crippen LogP contribution in [-0.2, 0) is 4.79 Å². The van der Waals surface area contributed by atoms with Gasteiger partial charge in [-0.2, -0.15) is 5.26 Å². The van der Waals surface area contributed by atoms with Crippen molar-refractivity contribution in [3.05, 3.63) is 59.3 Å². The van der Waals surface area contributed by atoms with Gasteiger partial charge in [0.2, 0.25) is 5.91 Å². The Morgan fingerprint density at radius 3 is 2.42 bits per heavy atom. The lowest BCUT2D eigenvalue weighted by atomic mass is 10.0. The van der Waals surface area contributed by atoms with Gasteiger partial charge < -0.3 is 9.88 Å². The van der Waals surface area contributed by atoms with Gasteiger partial charge in [0.15, 0.2) is 5.78 Å². The highest BCUT2D eigenvalue weighted by atomic mass is 16.1. The Balaban J connectivity index is 1.83. The second-order valence-corrected chi connectivity index (χ2v) is 8.13. The van der Waals surface area contributed by atoms with Crippen LogP contribution in [0.5, 0.6) is 0 Å². The SMILES string of the molecule is CC(=O)Nc1ccc2c(C(=O)CN3CCCCC3)c(C)n(-c3ccc(C#N)cc3)c2c1. The highest BCUT2D eigenvalue weighted by molar-refractivity contribution is 6.11. The van der Waals surface area contributed by atoms with Crippen molar-refractivity contribution in [3.63, 3.8) is 0 Å². The Morgan fingerprint density at radius 2 is 1.77 bits per heavy atom. The van der Waals surface area contributed by atoms with E-state index < -0.39 is 0 Å². The number of piperidine rings is 1. The predicted octanol–water partition coefficient (Wildman–Crippen LogP) is 4.44. The summed E-state index contributed by atoms with van der Waals surface area (Å²) in [5, 5.41) is 12.8. The van der Waals surface area contributed by atoms with Crippen LogP contribution in [0.2, 0.25) is 0 Å². The number of Topliss-reactive ketones (excluding diaryl/α,β-unsaturated/α-hetero) is 1. The van der Waals surface area contributed by atoms with Gasteiger partial charge in [-0.05, 0) is 69.3 Å². The quantitative estimate of drug-likeness (QED) is 0.626. The standard InChI is InChI=1S/C25H26N4O2/c1-17-25(24(31)16-28-12-4-3-5-13-28)22-11-8-20(27-18(2)30)14-23(22)29(17)21-9-6-19(15-26)7-10-21/h6-11,14H,3-5,12-13,16H2,1-2H3,(H,27,30). The molecule has 6 nitrogen and oxygen atoms in total. The third kappa shape index (κ3) is 4.23. The van der Waals surface area contributed by atoms with E-state index in [0.29, 0.717) is 17.8 Å². The van der Waals surface area contributed by atoms with Crippen LogP contribution in [0.1, 0.15) is 47.8 Å². The monoisotopic (exact) mass is 414 g/mol. The maximum absolute atomic E-state index is 13.4. The number of amides is 1. The number of carbonyl (C=O) groups excluding carboxylic acids is 2. The van der Waals surface area contributed by atoms with Gasteiger partial charge in [-0.15, -0.1) is 0 Å². The summed E-state index contributed by atoms with van der Waals surface area (Å²) in [5.74, 6) is -0.0296. The summed E-state index contributed by atoms with van der Waals surface area (Å²) in [6.07, 6.45) is 3.51. The van der Waals surface area contributed by atoms with Crippen molar-refractivity contribution in [1.82, 2.24) is 9.47 Å². The fourth-order valence-corrected chi connectivity index (χ4v) is 4.47. The van der Waals surface area contributed by atoms with Crippen LogP contribution in [0.3, 0.4) is 0 Å².